The molecule has 0 heterocycles. The van der Waals surface area contributed by atoms with Crippen LogP contribution in [0.15, 0.2) is 28.1 Å². The molecule has 3 heteroatoms. The van der Waals surface area contributed by atoms with E-state index in [4.69, 9.17) is 0 Å². The fourth-order valence-electron chi connectivity index (χ4n) is 0.177. The van der Waals surface area contributed by atoms with Crippen molar-refractivity contribution in [2.75, 3.05) is 6.54 Å². The number of hydrogen-bond acceptors (Lipinski definition) is 2. The highest BCUT2D eigenvalue weighted by Crippen LogP contribution is 1.73. The highest BCUT2D eigenvalue weighted by atomic mass is 15.4. The summed E-state index contributed by atoms with van der Waals surface area (Å²) >= 11 is 0. The molecule has 0 aromatic heterocycles. The lowest BCUT2D eigenvalue weighted by atomic mass is 10.7. The molecule has 0 aromatic rings. The van der Waals surface area contributed by atoms with Crippen LogP contribution >= 0.6 is 0 Å². The van der Waals surface area contributed by atoms with Crippen molar-refractivity contribution in [2.45, 2.75) is 6.92 Å². The van der Waals surface area contributed by atoms with Gasteiger partial charge in [0.2, 0.25) is 0 Å². The van der Waals surface area contributed by atoms with E-state index in [2.05, 4.69) is 22.0 Å². The molecule has 3 nitrogen and oxygen atoms in total. The highest BCUT2D eigenvalue weighted by molar-refractivity contribution is 5.69. The van der Waals surface area contributed by atoms with Gasteiger partial charge in [-0.15, -0.1) is 5.10 Å². The predicted octanol–water partition coefficient (Wildman–Crippen LogP) is 1.63. The minimum Gasteiger partial charge on any atom is -0.169 e. The van der Waals surface area contributed by atoms with Gasteiger partial charge in [-0.05, 0) is 18.2 Å². The lowest BCUT2D eigenvalue weighted by Gasteiger charge is -1.71. The van der Waals surface area contributed by atoms with E-state index in [1.54, 1.807) is 6.08 Å². The van der Waals surface area contributed by atoms with E-state index in [0.29, 0.717) is 6.54 Å². The van der Waals surface area contributed by atoms with Crippen LogP contribution < -0.4 is 0 Å². The van der Waals surface area contributed by atoms with Gasteiger partial charge in [-0.25, -0.2) is 0 Å². The van der Waals surface area contributed by atoms with Crippen LogP contribution in [0.1, 0.15) is 6.92 Å². The summed E-state index contributed by atoms with van der Waals surface area (Å²) in [6.45, 7) is 5.98. The maximum absolute atomic E-state index is 3.59. The monoisotopic (exact) mass is 111 g/mol. The molecule has 0 saturated carbocycles. The molecule has 0 rings (SSSR count). The van der Waals surface area contributed by atoms with Gasteiger partial charge in [0.25, 0.3) is 0 Å². The van der Waals surface area contributed by atoms with Crippen molar-refractivity contribution in [1.82, 2.24) is 0 Å². The van der Waals surface area contributed by atoms with Gasteiger partial charge >= 0.3 is 0 Å². The Bertz CT molecular complexity index is 104. The second kappa shape index (κ2) is 6.01. The quantitative estimate of drug-likeness (QED) is 0.301. The second-order valence-corrected chi connectivity index (χ2v) is 1.05. The molecular formula is C5H9N3. The van der Waals surface area contributed by atoms with Crippen molar-refractivity contribution < 1.29 is 0 Å². The van der Waals surface area contributed by atoms with Crippen LogP contribution in [0.2, 0.25) is 0 Å². The Morgan fingerprint density at radius 2 is 2.38 bits per heavy atom. The Morgan fingerprint density at radius 3 is 2.88 bits per heavy atom. The zero-order chi connectivity index (χ0) is 6.24. The maximum atomic E-state index is 3.59. The average Bonchev–Trinajstić information content (AvgIpc) is 1.81. The summed E-state index contributed by atoms with van der Waals surface area (Å²) in [5, 5.41) is 10.5. The molecule has 44 valence electrons. The first-order valence-electron chi connectivity index (χ1n) is 2.42. The summed E-state index contributed by atoms with van der Waals surface area (Å²) in [5.41, 5.74) is 0. The Hall–Kier alpha value is -0.990. The molecule has 0 aliphatic heterocycles. The number of nitrogens with zero attached hydrogens (tertiary/aromatic N) is 3. The summed E-state index contributed by atoms with van der Waals surface area (Å²) in [7, 11) is 0. The zero-order valence-electron chi connectivity index (χ0n) is 4.91. The zero-order valence-corrected chi connectivity index (χ0v) is 4.91. The van der Waals surface area contributed by atoms with Crippen molar-refractivity contribution >= 4 is 6.21 Å². The van der Waals surface area contributed by atoms with Gasteiger partial charge < -0.3 is 0 Å². The van der Waals surface area contributed by atoms with E-state index >= 15 is 0 Å². The van der Waals surface area contributed by atoms with Crippen LogP contribution in [0.3, 0.4) is 0 Å². The number of allylic oxidation sites excluding steroid dienone is 1. The van der Waals surface area contributed by atoms with Gasteiger partial charge in [0, 0.05) is 0 Å². The minimum atomic E-state index is 0.675. The molecular weight excluding hydrogens is 102 g/mol. The fraction of sp³-hybridized carbons (Fsp3) is 0.400. The molecule has 8 heavy (non-hydrogen) atoms. The molecule has 0 amide bonds. The van der Waals surface area contributed by atoms with E-state index < -0.39 is 0 Å². The first-order valence-corrected chi connectivity index (χ1v) is 2.42. The van der Waals surface area contributed by atoms with Crippen LogP contribution in [-0.4, -0.2) is 12.8 Å². The Morgan fingerprint density at radius 1 is 1.62 bits per heavy atom. The third-order valence-corrected chi connectivity index (χ3v) is 0.428. The normalized spacial score (nSPS) is 11.1. The summed E-state index contributed by atoms with van der Waals surface area (Å²) < 4.78 is 0. The summed E-state index contributed by atoms with van der Waals surface area (Å²) in [6, 6.07) is 0. The lowest BCUT2D eigenvalue weighted by Crippen LogP contribution is -1.61. The third-order valence-electron chi connectivity index (χ3n) is 0.428. The van der Waals surface area contributed by atoms with E-state index in [0.717, 1.165) is 0 Å². The predicted molar refractivity (Wildman–Crippen MR) is 34.1 cm³/mol. The smallest absolute Gasteiger partial charge is 0.0592 e. The van der Waals surface area contributed by atoms with Gasteiger partial charge in [0.05, 0.1) is 12.8 Å². The van der Waals surface area contributed by atoms with E-state index in [-0.39, 0.29) is 0 Å². The molecule has 0 aliphatic carbocycles. The largest absolute Gasteiger partial charge is 0.169 e. The van der Waals surface area contributed by atoms with Crippen LogP contribution in [0.4, 0.5) is 0 Å². The maximum Gasteiger partial charge on any atom is 0.0592 e. The highest BCUT2D eigenvalue weighted by Gasteiger charge is 1.60. The fourth-order valence-corrected chi connectivity index (χ4v) is 0.177. The van der Waals surface area contributed by atoms with Crippen molar-refractivity contribution in [3.63, 3.8) is 0 Å². The molecule has 0 atom stereocenters. The van der Waals surface area contributed by atoms with Gasteiger partial charge in [-0.1, -0.05) is 6.58 Å². The van der Waals surface area contributed by atoms with Crippen LogP contribution in [0, 0.1) is 0 Å². The van der Waals surface area contributed by atoms with Crippen molar-refractivity contribution in [3.8, 4) is 0 Å². The Balaban J connectivity index is 3.26. The first-order chi connectivity index (χ1) is 3.91. The molecule has 0 saturated heterocycles. The summed E-state index contributed by atoms with van der Waals surface area (Å²) in [5.74, 6) is 0. The Labute approximate surface area is 48.8 Å². The molecule has 0 aliphatic rings. The lowest BCUT2D eigenvalue weighted by molar-refractivity contribution is 0.931. The second-order valence-electron chi connectivity index (χ2n) is 1.05. The van der Waals surface area contributed by atoms with Crippen molar-refractivity contribution in [1.29, 1.82) is 0 Å². The molecule has 0 fully saturated rings. The summed E-state index contributed by atoms with van der Waals surface area (Å²) in [4.78, 5) is 0. The van der Waals surface area contributed by atoms with Gasteiger partial charge in [-0.3, -0.25) is 0 Å². The van der Waals surface area contributed by atoms with Crippen LogP contribution in [0.25, 0.3) is 0 Å². The summed E-state index contributed by atoms with van der Waals surface area (Å²) in [6.07, 6.45) is 3.04. The number of hydrogen-bond donors (Lipinski definition) is 0. The van der Waals surface area contributed by atoms with Gasteiger partial charge in [0.15, 0.2) is 0 Å². The third kappa shape index (κ3) is 5.01. The average molecular weight is 111 g/mol. The molecule has 0 aromatic carbocycles. The molecule has 0 radical (unpaired) electrons. The number of rotatable bonds is 3. The molecule has 0 N–H and O–H groups in total. The molecule has 0 spiro atoms. The molecule has 0 unspecified atom stereocenters. The van der Waals surface area contributed by atoms with Gasteiger partial charge in [0.1, 0.15) is 0 Å². The van der Waals surface area contributed by atoms with Crippen LogP contribution in [0.5, 0.6) is 0 Å². The first kappa shape index (κ1) is 7.01. The van der Waals surface area contributed by atoms with Crippen LogP contribution in [-0.2, 0) is 0 Å². The van der Waals surface area contributed by atoms with Crippen molar-refractivity contribution in [2.24, 2.45) is 15.4 Å². The van der Waals surface area contributed by atoms with Crippen molar-refractivity contribution in [3.05, 3.63) is 12.7 Å². The van der Waals surface area contributed by atoms with E-state index in [9.17, 15) is 0 Å². The topological polar surface area (TPSA) is 37.1 Å². The molecule has 0 bridgehead atoms. The SMILES string of the molecule is C=C/C=N\N=NCC. The van der Waals surface area contributed by atoms with Gasteiger partial charge in [-0.2, -0.15) is 5.11 Å². The van der Waals surface area contributed by atoms with E-state index in [1.807, 2.05) is 6.92 Å². The van der Waals surface area contributed by atoms with E-state index in [1.165, 1.54) is 6.21 Å². The standard InChI is InChI=1S/C5H9N3/c1-3-5-7-8-6-4-2/h3,5H,1,4H2,2H3/b7-5-,8-6?. The minimum absolute atomic E-state index is 0.675. The Kier molecular flexibility index (Phi) is 5.27.